The van der Waals surface area contributed by atoms with E-state index in [1.165, 1.54) is 6.21 Å². The fourth-order valence-electron chi connectivity index (χ4n) is 2.41. The van der Waals surface area contributed by atoms with E-state index in [2.05, 4.69) is 21.8 Å². The van der Waals surface area contributed by atoms with E-state index >= 15 is 0 Å². The molecule has 1 unspecified atom stereocenters. The summed E-state index contributed by atoms with van der Waals surface area (Å²) in [4.78, 5) is 24.9. The average molecular weight is 412 g/mol. The third-order valence-electron chi connectivity index (χ3n) is 3.94. The number of rotatable bonds is 8. The second kappa shape index (κ2) is 10.9. The molecule has 0 heterocycles. The van der Waals surface area contributed by atoms with Crippen molar-refractivity contribution in [3.63, 3.8) is 0 Å². The number of nitrogens with zero attached hydrogens (tertiary/aromatic N) is 1. The summed E-state index contributed by atoms with van der Waals surface area (Å²) in [7, 11) is 0. The highest BCUT2D eigenvalue weighted by molar-refractivity contribution is 6.33. The molecule has 7 heteroatoms. The van der Waals surface area contributed by atoms with E-state index in [4.69, 9.17) is 22.8 Å². The van der Waals surface area contributed by atoms with Crippen molar-refractivity contribution < 1.29 is 14.3 Å². The van der Waals surface area contributed by atoms with Crippen LogP contribution in [0.15, 0.2) is 53.6 Å². The molecule has 0 spiro atoms. The Labute approximate surface area is 175 Å². The number of benzene rings is 2. The highest BCUT2D eigenvalue weighted by atomic mass is 35.5. The predicted octanol–water partition coefficient (Wildman–Crippen LogP) is 3.26. The molecule has 0 aliphatic rings. The van der Waals surface area contributed by atoms with Crippen molar-refractivity contribution >= 4 is 29.6 Å². The summed E-state index contributed by atoms with van der Waals surface area (Å²) in [5.74, 6) is 2.04. The highest BCUT2D eigenvalue weighted by Gasteiger charge is 2.25. The normalized spacial score (nSPS) is 11.7. The number of hydrogen-bond acceptors (Lipinski definition) is 4. The van der Waals surface area contributed by atoms with Gasteiger partial charge in [0.05, 0.1) is 16.8 Å². The lowest BCUT2D eigenvalue weighted by Crippen LogP contribution is -2.48. The van der Waals surface area contributed by atoms with Gasteiger partial charge in [-0.2, -0.15) is 5.10 Å². The van der Waals surface area contributed by atoms with Gasteiger partial charge in [-0.15, -0.1) is 6.42 Å². The number of hydrogen-bond donors (Lipinski definition) is 2. The zero-order valence-electron chi connectivity index (χ0n) is 16.2. The quantitative estimate of drug-likeness (QED) is 0.397. The molecule has 2 aromatic carbocycles. The Morgan fingerprint density at radius 1 is 1.21 bits per heavy atom. The first kappa shape index (κ1) is 22.0. The van der Waals surface area contributed by atoms with Gasteiger partial charge >= 0.3 is 0 Å². The molecule has 2 aromatic rings. The summed E-state index contributed by atoms with van der Waals surface area (Å²) in [6.07, 6.45) is 6.64. The molecule has 0 aliphatic carbocycles. The molecule has 2 amide bonds. The van der Waals surface area contributed by atoms with Gasteiger partial charge in [0.25, 0.3) is 11.8 Å². The second-order valence-corrected chi connectivity index (χ2v) is 6.88. The Bertz CT molecular complexity index is 918. The van der Waals surface area contributed by atoms with Crippen LogP contribution in [0.2, 0.25) is 5.02 Å². The zero-order valence-corrected chi connectivity index (χ0v) is 16.9. The van der Waals surface area contributed by atoms with Gasteiger partial charge < -0.3 is 10.1 Å². The zero-order chi connectivity index (χ0) is 21.2. The topological polar surface area (TPSA) is 79.8 Å². The van der Waals surface area contributed by atoms with Gasteiger partial charge in [0.2, 0.25) is 0 Å². The van der Waals surface area contributed by atoms with E-state index in [0.717, 1.165) is 5.56 Å². The number of carbonyl (C=O) groups is 2. The van der Waals surface area contributed by atoms with E-state index in [-0.39, 0.29) is 12.5 Å². The lowest BCUT2D eigenvalue weighted by Gasteiger charge is -2.20. The van der Waals surface area contributed by atoms with Gasteiger partial charge in [0.15, 0.2) is 0 Å². The smallest absolute Gasteiger partial charge is 0.262 e. The monoisotopic (exact) mass is 411 g/mol. The van der Waals surface area contributed by atoms with Crippen LogP contribution in [-0.2, 0) is 4.79 Å². The molecule has 6 nitrogen and oxygen atoms in total. The molecule has 0 radical (unpaired) electrons. The molecule has 150 valence electrons. The van der Waals surface area contributed by atoms with Crippen LogP contribution in [0.25, 0.3) is 0 Å². The number of carbonyl (C=O) groups excluding carboxylic acids is 2. The second-order valence-electron chi connectivity index (χ2n) is 6.47. The van der Waals surface area contributed by atoms with Crippen LogP contribution in [0.4, 0.5) is 0 Å². The van der Waals surface area contributed by atoms with E-state index in [9.17, 15) is 9.59 Å². The maximum Gasteiger partial charge on any atom is 0.262 e. The fourth-order valence-corrected chi connectivity index (χ4v) is 2.64. The molecule has 1 atom stereocenters. The molecule has 0 saturated heterocycles. The molecule has 0 aromatic heterocycles. The van der Waals surface area contributed by atoms with Crippen molar-refractivity contribution in [1.29, 1.82) is 0 Å². The van der Waals surface area contributed by atoms with Crippen LogP contribution in [0.3, 0.4) is 0 Å². The van der Waals surface area contributed by atoms with E-state index in [0.29, 0.717) is 16.3 Å². The number of ether oxygens (including phenoxy) is 1. The molecule has 2 rings (SSSR count). The van der Waals surface area contributed by atoms with Crippen molar-refractivity contribution in [2.75, 3.05) is 6.61 Å². The summed E-state index contributed by atoms with van der Waals surface area (Å²) < 4.78 is 5.29. The van der Waals surface area contributed by atoms with Crippen molar-refractivity contribution in [3.05, 3.63) is 64.7 Å². The summed E-state index contributed by atoms with van der Waals surface area (Å²) in [5.41, 5.74) is 3.53. The van der Waals surface area contributed by atoms with Crippen LogP contribution in [0.5, 0.6) is 5.75 Å². The van der Waals surface area contributed by atoms with E-state index < -0.39 is 17.9 Å². The van der Waals surface area contributed by atoms with Gasteiger partial charge in [-0.3, -0.25) is 9.59 Å². The minimum Gasteiger partial charge on any atom is -0.481 e. The summed E-state index contributed by atoms with van der Waals surface area (Å²) >= 11 is 6.05. The van der Waals surface area contributed by atoms with Crippen LogP contribution < -0.4 is 15.5 Å². The molecule has 2 N–H and O–H groups in total. The van der Waals surface area contributed by atoms with Gasteiger partial charge in [-0.1, -0.05) is 43.5 Å². The number of halogens is 1. The number of hydrazone groups is 1. The summed E-state index contributed by atoms with van der Waals surface area (Å²) in [6, 6.07) is 12.9. The predicted molar refractivity (Wildman–Crippen MR) is 114 cm³/mol. The first-order valence-corrected chi connectivity index (χ1v) is 9.34. The number of nitrogens with one attached hydrogen (secondary N) is 2. The van der Waals surface area contributed by atoms with Gasteiger partial charge in [0, 0.05) is 0 Å². The molecule has 0 saturated carbocycles. The number of terminal acetylenes is 1. The Kier molecular flexibility index (Phi) is 8.26. The maximum atomic E-state index is 12.5. The maximum absolute atomic E-state index is 12.5. The first-order valence-electron chi connectivity index (χ1n) is 8.97. The van der Waals surface area contributed by atoms with Crippen LogP contribution in [0.1, 0.15) is 29.8 Å². The SMILES string of the molecule is C#CCOc1ccc(/C=N/NC(=O)C(NC(=O)c2ccccc2Cl)C(C)C)cc1. The highest BCUT2D eigenvalue weighted by Crippen LogP contribution is 2.15. The van der Waals surface area contributed by atoms with Gasteiger partial charge in [-0.05, 0) is 47.9 Å². The van der Waals surface area contributed by atoms with E-state index in [1.807, 2.05) is 13.8 Å². The van der Waals surface area contributed by atoms with Crippen molar-refractivity contribution in [3.8, 4) is 18.1 Å². The lowest BCUT2D eigenvalue weighted by molar-refractivity contribution is -0.123. The molecular formula is C22H22ClN3O3. The van der Waals surface area contributed by atoms with E-state index in [1.54, 1.807) is 48.5 Å². The van der Waals surface area contributed by atoms with Gasteiger partial charge in [-0.25, -0.2) is 5.43 Å². The molecule has 0 aliphatic heterocycles. The Hall–Kier alpha value is -3.30. The van der Waals surface area contributed by atoms with Crippen molar-refractivity contribution in [2.45, 2.75) is 19.9 Å². The molecule has 29 heavy (non-hydrogen) atoms. The summed E-state index contributed by atoms with van der Waals surface area (Å²) in [6.45, 7) is 3.85. The van der Waals surface area contributed by atoms with Gasteiger partial charge in [0.1, 0.15) is 18.4 Å². The largest absolute Gasteiger partial charge is 0.481 e. The van der Waals surface area contributed by atoms with Crippen molar-refractivity contribution in [2.24, 2.45) is 11.0 Å². The Balaban J connectivity index is 1.97. The van der Waals surface area contributed by atoms with Crippen LogP contribution in [-0.4, -0.2) is 30.7 Å². The Morgan fingerprint density at radius 3 is 2.52 bits per heavy atom. The molecule has 0 fully saturated rings. The van der Waals surface area contributed by atoms with Crippen LogP contribution >= 0.6 is 11.6 Å². The van der Waals surface area contributed by atoms with Crippen molar-refractivity contribution in [1.82, 2.24) is 10.7 Å². The van der Waals surface area contributed by atoms with Crippen LogP contribution in [0, 0.1) is 18.3 Å². The first-order chi connectivity index (χ1) is 13.9. The minimum absolute atomic E-state index is 0.149. The Morgan fingerprint density at radius 2 is 1.90 bits per heavy atom. The summed E-state index contributed by atoms with van der Waals surface area (Å²) in [5, 5.41) is 6.99. The molecule has 0 bridgehead atoms. The lowest BCUT2D eigenvalue weighted by atomic mass is 10.0. The third kappa shape index (κ3) is 6.66. The molecular weight excluding hydrogens is 390 g/mol. The minimum atomic E-state index is -0.768. The third-order valence-corrected chi connectivity index (χ3v) is 4.27. The number of amides is 2. The fraction of sp³-hybridized carbons (Fsp3) is 0.227. The average Bonchev–Trinajstić information content (AvgIpc) is 2.71. The standard InChI is InChI=1S/C22H22ClN3O3/c1-4-13-29-17-11-9-16(10-12-17)14-24-26-22(28)20(15(2)3)25-21(27)18-7-5-6-8-19(18)23/h1,5-12,14-15,20H,13H2,2-3H3,(H,25,27)(H,26,28)/b24-14+.